The molecule has 1 unspecified atom stereocenters. The van der Waals surface area contributed by atoms with Gasteiger partial charge >= 0.3 is 0 Å². The number of hydrogen-bond donors (Lipinski definition) is 2. The Labute approximate surface area is 77.6 Å². The lowest BCUT2D eigenvalue weighted by Crippen LogP contribution is -2.28. The van der Waals surface area contributed by atoms with E-state index in [2.05, 4.69) is 15.3 Å². The first-order chi connectivity index (χ1) is 6.36. The van der Waals surface area contributed by atoms with Gasteiger partial charge in [-0.1, -0.05) is 6.42 Å². The molecule has 4 nitrogen and oxygen atoms in total. The van der Waals surface area contributed by atoms with Gasteiger partial charge in [0.15, 0.2) is 0 Å². The molecule has 1 fully saturated rings. The average molecular weight is 178 g/mol. The van der Waals surface area contributed by atoms with E-state index >= 15 is 0 Å². The van der Waals surface area contributed by atoms with Crippen LogP contribution in [0.25, 0.3) is 0 Å². The third-order valence-electron chi connectivity index (χ3n) is 2.32. The molecular formula is C9H14N4. The molecule has 0 spiro atoms. The van der Waals surface area contributed by atoms with E-state index in [1.165, 1.54) is 12.8 Å². The second kappa shape index (κ2) is 3.70. The van der Waals surface area contributed by atoms with E-state index < -0.39 is 0 Å². The summed E-state index contributed by atoms with van der Waals surface area (Å²) in [5.41, 5.74) is 5.59. The van der Waals surface area contributed by atoms with Crippen LogP contribution in [0.3, 0.4) is 0 Å². The second-order valence-electron chi connectivity index (χ2n) is 3.34. The van der Waals surface area contributed by atoms with E-state index in [4.69, 9.17) is 5.73 Å². The maximum absolute atomic E-state index is 5.59. The second-order valence-corrected chi connectivity index (χ2v) is 3.34. The maximum atomic E-state index is 5.59. The Kier molecular flexibility index (Phi) is 2.40. The van der Waals surface area contributed by atoms with Gasteiger partial charge in [-0.15, -0.1) is 0 Å². The molecule has 2 heterocycles. The third kappa shape index (κ3) is 1.95. The summed E-state index contributed by atoms with van der Waals surface area (Å²) in [6.07, 6.45) is 5.33. The first-order valence-corrected chi connectivity index (χ1v) is 4.68. The molecule has 0 amide bonds. The highest BCUT2D eigenvalue weighted by molar-refractivity contribution is 5.25. The van der Waals surface area contributed by atoms with Crippen molar-refractivity contribution in [2.24, 2.45) is 0 Å². The van der Waals surface area contributed by atoms with Crippen LogP contribution in [-0.4, -0.2) is 16.5 Å². The fourth-order valence-corrected chi connectivity index (χ4v) is 1.63. The maximum Gasteiger partial charge on any atom is 0.147 e. The van der Waals surface area contributed by atoms with E-state index in [9.17, 15) is 0 Å². The molecular weight excluding hydrogens is 164 g/mol. The van der Waals surface area contributed by atoms with Crippen LogP contribution < -0.4 is 11.1 Å². The van der Waals surface area contributed by atoms with Crippen molar-refractivity contribution in [3.8, 4) is 0 Å². The Bertz CT molecular complexity index is 281. The van der Waals surface area contributed by atoms with Gasteiger partial charge in [0.05, 0.1) is 6.04 Å². The standard InChI is InChI=1S/C9H14N4/c10-8-4-6-12-9(13-8)7-3-1-2-5-11-7/h4,6-7,11H,1-3,5H2,(H2,10,12,13). The van der Waals surface area contributed by atoms with Crippen molar-refractivity contribution in [1.82, 2.24) is 15.3 Å². The number of anilines is 1. The van der Waals surface area contributed by atoms with Crippen LogP contribution in [0.1, 0.15) is 31.1 Å². The smallest absolute Gasteiger partial charge is 0.147 e. The van der Waals surface area contributed by atoms with Crippen molar-refractivity contribution >= 4 is 5.82 Å². The van der Waals surface area contributed by atoms with Crippen molar-refractivity contribution in [2.75, 3.05) is 12.3 Å². The molecule has 1 saturated heterocycles. The summed E-state index contributed by atoms with van der Waals surface area (Å²) in [7, 11) is 0. The fourth-order valence-electron chi connectivity index (χ4n) is 1.63. The number of rotatable bonds is 1. The molecule has 1 aliphatic rings. The lowest BCUT2D eigenvalue weighted by atomic mass is 10.0. The Balaban J connectivity index is 2.14. The van der Waals surface area contributed by atoms with Gasteiger partial charge in [-0.2, -0.15) is 0 Å². The van der Waals surface area contributed by atoms with E-state index in [-0.39, 0.29) is 0 Å². The third-order valence-corrected chi connectivity index (χ3v) is 2.32. The van der Waals surface area contributed by atoms with Crippen LogP contribution in [0.4, 0.5) is 5.82 Å². The summed E-state index contributed by atoms with van der Waals surface area (Å²) < 4.78 is 0. The first kappa shape index (κ1) is 8.44. The van der Waals surface area contributed by atoms with Crippen LogP contribution in [0.2, 0.25) is 0 Å². The molecule has 13 heavy (non-hydrogen) atoms. The van der Waals surface area contributed by atoms with Crippen molar-refractivity contribution in [2.45, 2.75) is 25.3 Å². The minimum absolute atomic E-state index is 0.303. The number of nitrogens with two attached hydrogens (primary N) is 1. The normalized spacial score (nSPS) is 22.9. The van der Waals surface area contributed by atoms with Crippen molar-refractivity contribution in [3.05, 3.63) is 18.1 Å². The molecule has 1 atom stereocenters. The Morgan fingerprint density at radius 3 is 3.08 bits per heavy atom. The van der Waals surface area contributed by atoms with Crippen LogP contribution in [-0.2, 0) is 0 Å². The predicted molar refractivity (Wildman–Crippen MR) is 51.0 cm³/mol. The number of piperidine rings is 1. The molecule has 70 valence electrons. The molecule has 0 aliphatic carbocycles. The van der Waals surface area contributed by atoms with Crippen LogP contribution >= 0.6 is 0 Å². The van der Waals surface area contributed by atoms with Gasteiger partial charge in [0.25, 0.3) is 0 Å². The number of nitrogen functional groups attached to an aromatic ring is 1. The molecule has 0 aromatic carbocycles. The largest absolute Gasteiger partial charge is 0.384 e. The van der Waals surface area contributed by atoms with Gasteiger partial charge in [0.1, 0.15) is 11.6 Å². The number of aromatic nitrogens is 2. The van der Waals surface area contributed by atoms with Gasteiger partial charge in [-0.3, -0.25) is 0 Å². The van der Waals surface area contributed by atoms with Crippen LogP contribution in [0, 0.1) is 0 Å². The topological polar surface area (TPSA) is 63.8 Å². The highest BCUT2D eigenvalue weighted by Crippen LogP contribution is 2.19. The minimum Gasteiger partial charge on any atom is -0.384 e. The lowest BCUT2D eigenvalue weighted by Gasteiger charge is -2.21. The Morgan fingerprint density at radius 1 is 1.46 bits per heavy atom. The molecule has 0 saturated carbocycles. The molecule has 1 aromatic rings. The van der Waals surface area contributed by atoms with Crippen molar-refractivity contribution in [1.29, 1.82) is 0 Å². The SMILES string of the molecule is Nc1ccnc(C2CCCCN2)n1. The van der Waals surface area contributed by atoms with Crippen LogP contribution in [0.15, 0.2) is 12.3 Å². The van der Waals surface area contributed by atoms with Gasteiger partial charge in [0, 0.05) is 6.20 Å². The zero-order valence-electron chi connectivity index (χ0n) is 7.53. The predicted octanol–water partition coefficient (Wildman–Crippen LogP) is 0.873. The summed E-state index contributed by atoms with van der Waals surface area (Å²) in [4.78, 5) is 8.41. The molecule has 0 radical (unpaired) electrons. The highest BCUT2D eigenvalue weighted by Gasteiger charge is 2.16. The minimum atomic E-state index is 0.303. The molecule has 4 heteroatoms. The summed E-state index contributed by atoms with van der Waals surface area (Å²) in [5, 5.41) is 3.38. The number of nitrogens with zero attached hydrogens (tertiary/aromatic N) is 2. The Hall–Kier alpha value is -1.16. The zero-order valence-corrected chi connectivity index (χ0v) is 7.53. The molecule has 3 N–H and O–H groups in total. The van der Waals surface area contributed by atoms with E-state index in [0.29, 0.717) is 11.9 Å². The summed E-state index contributed by atoms with van der Waals surface area (Å²) in [6, 6.07) is 2.02. The van der Waals surface area contributed by atoms with Crippen LogP contribution in [0.5, 0.6) is 0 Å². The Morgan fingerprint density at radius 2 is 2.38 bits per heavy atom. The first-order valence-electron chi connectivity index (χ1n) is 4.68. The fraction of sp³-hybridized carbons (Fsp3) is 0.556. The van der Waals surface area contributed by atoms with Crippen molar-refractivity contribution in [3.63, 3.8) is 0 Å². The monoisotopic (exact) mass is 178 g/mol. The molecule has 1 aromatic heterocycles. The van der Waals surface area contributed by atoms with Crippen molar-refractivity contribution < 1.29 is 0 Å². The molecule has 2 rings (SSSR count). The lowest BCUT2D eigenvalue weighted by molar-refractivity contribution is 0.397. The molecule has 1 aliphatic heterocycles. The zero-order chi connectivity index (χ0) is 9.10. The van der Waals surface area contributed by atoms with E-state index in [1.54, 1.807) is 12.3 Å². The summed E-state index contributed by atoms with van der Waals surface area (Å²) >= 11 is 0. The number of nitrogens with one attached hydrogen (secondary N) is 1. The van der Waals surface area contributed by atoms with Gasteiger partial charge in [-0.25, -0.2) is 9.97 Å². The average Bonchev–Trinajstić information content (AvgIpc) is 2.19. The van der Waals surface area contributed by atoms with Gasteiger partial charge in [-0.05, 0) is 25.5 Å². The van der Waals surface area contributed by atoms with Gasteiger partial charge < -0.3 is 11.1 Å². The summed E-state index contributed by atoms with van der Waals surface area (Å²) in [5.74, 6) is 1.39. The molecule has 0 bridgehead atoms. The number of hydrogen-bond acceptors (Lipinski definition) is 4. The highest BCUT2D eigenvalue weighted by atomic mass is 15.0. The van der Waals surface area contributed by atoms with Gasteiger partial charge in [0.2, 0.25) is 0 Å². The summed E-state index contributed by atoms with van der Waals surface area (Å²) in [6.45, 7) is 1.06. The quantitative estimate of drug-likeness (QED) is 0.670. The van der Waals surface area contributed by atoms with E-state index in [1.807, 2.05) is 0 Å². The van der Waals surface area contributed by atoms with E-state index in [0.717, 1.165) is 18.8 Å².